The number of nitrogens with two attached hydrogens (primary N) is 1. The van der Waals surface area contributed by atoms with E-state index < -0.39 is 12.1 Å². The Balaban J connectivity index is 1.80. The van der Waals surface area contributed by atoms with Crippen LogP contribution in [0.2, 0.25) is 0 Å². The van der Waals surface area contributed by atoms with Gasteiger partial charge in [-0.2, -0.15) is 0 Å². The van der Waals surface area contributed by atoms with E-state index in [9.17, 15) is 14.6 Å². The third-order valence-electron chi connectivity index (χ3n) is 4.14. The second-order valence-electron chi connectivity index (χ2n) is 6.12. The molecule has 130 valence electrons. The van der Waals surface area contributed by atoms with Crippen molar-refractivity contribution in [1.29, 1.82) is 0 Å². The van der Waals surface area contributed by atoms with Crippen LogP contribution in [0.25, 0.3) is 0 Å². The standard InChI is InChI=1S/C17H27FN2O3/c18-8-1-2-10-23-15-5-3-13(4-6-15)17(22)16(19)12-20-9-7-14(21)11-20/h3-6,14,16-17,21-22H,1-2,7-12,19H2/t14-,16-,17-/m1/s1. The topological polar surface area (TPSA) is 79.0 Å². The number of likely N-dealkylation sites (tertiary alicyclic amines) is 1. The van der Waals surface area contributed by atoms with Gasteiger partial charge in [0, 0.05) is 25.7 Å². The van der Waals surface area contributed by atoms with E-state index in [0.29, 0.717) is 38.3 Å². The van der Waals surface area contributed by atoms with Gasteiger partial charge >= 0.3 is 0 Å². The average Bonchev–Trinajstić information content (AvgIpc) is 2.96. The molecule has 1 aromatic carbocycles. The van der Waals surface area contributed by atoms with Crippen molar-refractivity contribution in [3.8, 4) is 5.75 Å². The summed E-state index contributed by atoms with van der Waals surface area (Å²) >= 11 is 0. The first-order chi connectivity index (χ1) is 11.1. The highest BCUT2D eigenvalue weighted by atomic mass is 19.1. The highest BCUT2D eigenvalue weighted by Gasteiger charge is 2.25. The van der Waals surface area contributed by atoms with Crippen LogP contribution < -0.4 is 10.5 Å². The summed E-state index contributed by atoms with van der Waals surface area (Å²) < 4.78 is 17.5. The molecule has 3 atom stereocenters. The molecule has 1 aromatic rings. The number of rotatable bonds is 9. The van der Waals surface area contributed by atoms with Gasteiger partial charge in [-0.25, -0.2) is 0 Å². The van der Waals surface area contributed by atoms with Crippen molar-refractivity contribution in [3.63, 3.8) is 0 Å². The van der Waals surface area contributed by atoms with Crippen molar-refractivity contribution < 1.29 is 19.3 Å². The number of unbranched alkanes of at least 4 members (excludes halogenated alkanes) is 1. The van der Waals surface area contributed by atoms with Crippen LogP contribution in [0, 0.1) is 0 Å². The Morgan fingerprint density at radius 3 is 2.65 bits per heavy atom. The minimum absolute atomic E-state index is 0.284. The van der Waals surface area contributed by atoms with E-state index in [0.717, 1.165) is 18.5 Å². The van der Waals surface area contributed by atoms with Gasteiger partial charge in [0.15, 0.2) is 0 Å². The summed E-state index contributed by atoms with van der Waals surface area (Å²) in [5, 5.41) is 19.9. The number of hydrogen-bond acceptors (Lipinski definition) is 5. The summed E-state index contributed by atoms with van der Waals surface area (Å²) in [4.78, 5) is 2.07. The number of alkyl halides is 1. The smallest absolute Gasteiger partial charge is 0.119 e. The maximum absolute atomic E-state index is 12.0. The second kappa shape index (κ2) is 9.17. The number of halogens is 1. The Kier molecular flexibility index (Phi) is 7.23. The number of β-amino-alcohol motifs (C(OH)–C–C–N with tert-alkyl or cyclic N) is 1. The summed E-state index contributed by atoms with van der Waals surface area (Å²) in [7, 11) is 0. The van der Waals surface area contributed by atoms with Crippen LogP contribution in [0.15, 0.2) is 24.3 Å². The van der Waals surface area contributed by atoms with E-state index in [2.05, 4.69) is 4.90 Å². The molecular formula is C17H27FN2O3. The van der Waals surface area contributed by atoms with Gasteiger partial charge in [0.25, 0.3) is 0 Å². The van der Waals surface area contributed by atoms with Crippen LogP contribution in [0.3, 0.4) is 0 Å². The molecule has 0 aromatic heterocycles. The maximum Gasteiger partial charge on any atom is 0.119 e. The Morgan fingerprint density at radius 1 is 1.30 bits per heavy atom. The van der Waals surface area contributed by atoms with Crippen LogP contribution in [0.1, 0.15) is 30.9 Å². The lowest BCUT2D eigenvalue weighted by Gasteiger charge is -2.24. The summed E-state index contributed by atoms with van der Waals surface area (Å²) in [6.07, 6.45) is 0.920. The van der Waals surface area contributed by atoms with Crippen molar-refractivity contribution in [2.24, 2.45) is 5.73 Å². The molecule has 5 nitrogen and oxygen atoms in total. The molecule has 1 heterocycles. The van der Waals surface area contributed by atoms with Crippen molar-refractivity contribution >= 4 is 0 Å². The normalized spacial score (nSPS) is 21.3. The molecule has 1 aliphatic heterocycles. The SMILES string of the molecule is N[C@H](CN1CC[C@@H](O)C1)[C@H](O)c1ccc(OCCCCF)cc1. The molecule has 1 fully saturated rings. The van der Waals surface area contributed by atoms with Gasteiger partial charge in [0.2, 0.25) is 0 Å². The first-order valence-corrected chi connectivity index (χ1v) is 8.23. The van der Waals surface area contributed by atoms with E-state index >= 15 is 0 Å². The number of nitrogens with zero attached hydrogens (tertiary/aromatic N) is 1. The van der Waals surface area contributed by atoms with Crippen molar-refractivity contribution in [2.45, 2.75) is 37.5 Å². The molecule has 0 aliphatic carbocycles. The predicted molar refractivity (Wildman–Crippen MR) is 87.1 cm³/mol. The third kappa shape index (κ3) is 5.73. The zero-order chi connectivity index (χ0) is 16.7. The number of ether oxygens (including phenoxy) is 1. The number of hydrogen-bond donors (Lipinski definition) is 3. The largest absolute Gasteiger partial charge is 0.494 e. The molecular weight excluding hydrogens is 299 g/mol. The summed E-state index contributed by atoms with van der Waals surface area (Å²) in [5.41, 5.74) is 6.83. The minimum atomic E-state index is -0.756. The summed E-state index contributed by atoms with van der Waals surface area (Å²) in [6, 6.07) is 6.78. The van der Waals surface area contributed by atoms with Crippen molar-refractivity contribution in [3.05, 3.63) is 29.8 Å². The predicted octanol–water partition coefficient (Wildman–Crippen LogP) is 1.24. The van der Waals surface area contributed by atoms with Gasteiger partial charge in [-0.1, -0.05) is 12.1 Å². The lowest BCUT2D eigenvalue weighted by molar-refractivity contribution is 0.118. The molecule has 0 bridgehead atoms. The maximum atomic E-state index is 12.0. The number of aliphatic hydroxyl groups excluding tert-OH is 2. The fraction of sp³-hybridized carbons (Fsp3) is 0.647. The molecule has 2 rings (SSSR count). The quantitative estimate of drug-likeness (QED) is 0.595. The Morgan fingerprint density at radius 2 is 2.04 bits per heavy atom. The monoisotopic (exact) mass is 326 g/mol. The van der Waals surface area contributed by atoms with E-state index in [1.54, 1.807) is 24.3 Å². The van der Waals surface area contributed by atoms with E-state index in [-0.39, 0.29) is 12.8 Å². The fourth-order valence-electron chi connectivity index (χ4n) is 2.77. The molecule has 0 saturated carbocycles. The molecule has 23 heavy (non-hydrogen) atoms. The van der Waals surface area contributed by atoms with Gasteiger partial charge in [-0.05, 0) is 37.0 Å². The average molecular weight is 326 g/mol. The van der Waals surface area contributed by atoms with Gasteiger partial charge in [0.05, 0.1) is 25.5 Å². The van der Waals surface area contributed by atoms with Crippen LogP contribution in [0.4, 0.5) is 4.39 Å². The summed E-state index contributed by atoms with van der Waals surface area (Å²) in [5.74, 6) is 0.705. The van der Waals surface area contributed by atoms with Crippen LogP contribution in [0.5, 0.6) is 5.75 Å². The van der Waals surface area contributed by atoms with E-state index in [1.807, 2.05) is 0 Å². The minimum Gasteiger partial charge on any atom is -0.494 e. The van der Waals surface area contributed by atoms with Crippen molar-refractivity contribution in [2.75, 3.05) is 32.9 Å². The third-order valence-corrected chi connectivity index (χ3v) is 4.14. The molecule has 6 heteroatoms. The van der Waals surface area contributed by atoms with E-state index in [4.69, 9.17) is 10.5 Å². The molecule has 0 amide bonds. The van der Waals surface area contributed by atoms with Gasteiger partial charge in [-0.3, -0.25) is 9.29 Å². The van der Waals surface area contributed by atoms with Gasteiger partial charge in [0.1, 0.15) is 5.75 Å². The number of benzene rings is 1. The van der Waals surface area contributed by atoms with Gasteiger partial charge in [-0.15, -0.1) is 0 Å². The fourth-order valence-corrected chi connectivity index (χ4v) is 2.77. The Labute approximate surface area is 136 Å². The van der Waals surface area contributed by atoms with Crippen LogP contribution in [-0.4, -0.2) is 60.2 Å². The molecule has 4 N–H and O–H groups in total. The first kappa shape index (κ1) is 18.1. The highest BCUT2D eigenvalue weighted by Crippen LogP contribution is 2.21. The Hall–Kier alpha value is -1.21. The molecule has 0 radical (unpaired) electrons. The lowest BCUT2D eigenvalue weighted by Crippen LogP contribution is -2.40. The lowest BCUT2D eigenvalue weighted by atomic mass is 10.0. The first-order valence-electron chi connectivity index (χ1n) is 8.23. The van der Waals surface area contributed by atoms with Crippen molar-refractivity contribution in [1.82, 2.24) is 4.90 Å². The second-order valence-corrected chi connectivity index (χ2v) is 6.12. The summed E-state index contributed by atoms with van der Waals surface area (Å²) in [6.45, 7) is 2.15. The molecule has 0 spiro atoms. The number of aliphatic hydroxyl groups is 2. The molecule has 1 aliphatic rings. The Bertz CT molecular complexity index is 458. The van der Waals surface area contributed by atoms with E-state index in [1.165, 1.54) is 0 Å². The molecule has 0 unspecified atom stereocenters. The molecule has 1 saturated heterocycles. The zero-order valence-corrected chi connectivity index (χ0v) is 13.4. The highest BCUT2D eigenvalue weighted by molar-refractivity contribution is 5.29. The zero-order valence-electron chi connectivity index (χ0n) is 13.4. The van der Waals surface area contributed by atoms with Gasteiger partial charge < -0.3 is 20.7 Å². The van der Waals surface area contributed by atoms with Crippen LogP contribution in [-0.2, 0) is 0 Å². The van der Waals surface area contributed by atoms with Crippen LogP contribution >= 0.6 is 0 Å².